The topological polar surface area (TPSA) is 105 Å². The Labute approximate surface area is 195 Å². The van der Waals surface area contributed by atoms with Gasteiger partial charge in [0.1, 0.15) is 12.5 Å². The van der Waals surface area contributed by atoms with Gasteiger partial charge in [0.2, 0.25) is 17.7 Å². The van der Waals surface area contributed by atoms with Gasteiger partial charge in [-0.3, -0.25) is 19.4 Å². The predicted octanol–water partition coefficient (Wildman–Crippen LogP) is 4.03. The number of anilines is 2. The Kier molecular flexibility index (Phi) is 6.24. The Morgan fingerprint density at radius 3 is 2.39 bits per heavy atom. The van der Waals surface area contributed by atoms with Gasteiger partial charge in [0, 0.05) is 23.3 Å². The van der Waals surface area contributed by atoms with Crippen LogP contribution >= 0.6 is 11.6 Å². The number of rotatable bonds is 6. The van der Waals surface area contributed by atoms with Crippen molar-refractivity contribution < 1.29 is 14.4 Å². The molecule has 3 aromatic carbocycles. The molecule has 3 N–H and O–H groups in total. The summed E-state index contributed by atoms with van der Waals surface area (Å²) in [6.07, 6.45) is 0. The quantitative estimate of drug-likeness (QED) is 0.542. The van der Waals surface area contributed by atoms with E-state index in [1.54, 1.807) is 36.4 Å². The Morgan fingerprint density at radius 1 is 1.06 bits per heavy atom. The molecule has 3 aromatic rings. The molecule has 1 unspecified atom stereocenters. The first-order valence-corrected chi connectivity index (χ1v) is 10.6. The van der Waals surface area contributed by atoms with E-state index in [9.17, 15) is 14.4 Å². The smallest absolute Gasteiger partial charge is 0.238 e. The molecule has 0 aliphatic carbocycles. The number of fused-ring (bicyclic) bond motifs is 1. The molecule has 1 heterocycles. The zero-order valence-electron chi connectivity index (χ0n) is 17.8. The van der Waals surface area contributed by atoms with Gasteiger partial charge in [0.15, 0.2) is 0 Å². The second-order valence-electron chi connectivity index (χ2n) is 7.60. The van der Waals surface area contributed by atoms with E-state index >= 15 is 0 Å². The van der Waals surface area contributed by atoms with Gasteiger partial charge < -0.3 is 16.0 Å². The van der Waals surface area contributed by atoms with E-state index in [0.29, 0.717) is 27.8 Å². The number of amides is 3. The average Bonchev–Trinajstić information content (AvgIpc) is 3.11. The van der Waals surface area contributed by atoms with E-state index in [1.165, 1.54) is 11.8 Å². The highest BCUT2D eigenvalue weighted by molar-refractivity contribution is 6.31. The van der Waals surface area contributed by atoms with Gasteiger partial charge in [-0.2, -0.15) is 0 Å². The highest BCUT2D eigenvalue weighted by Gasteiger charge is 2.35. The number of primary amides is 1. The molecule has 1 aliphatic heterocycles. The maximum absolute atomic E-state index is 12.9. The Balaban J connectivity index is 1.76. The number of halogens is 1. The molecule has 1 atom stereocenters. The average molecular weight is 461 g/mol. The number of carbonyl (C=O) groups excluding carboxylic acids is 3. The molecule has 4 rings (SSSR count). The molecule has 0 radical (unpaired) electrons. The molecule has 0 fully saturated rings. The number of nitrogens with zero attached hydrogens (tertiary/aromatic N) is 2. The van der Waals surface area contributed by atoms with Crippen molar-refractivity contribution in [2.24, 2.45) is 10.7 Å². The molecule has 1 aliphatic rings. The summed E-state index contributed by atoms with van der Waals surface area (Å²) in [5.74, 6) is -1.70. The highest BCUT2D eigenvalue weighted by Crippen LogP contribution is 2.37. The molecule has 0 aromatic heterocycles. The Hall–Kier alpha value is -3.97. The van der Waals surface area contributed by atoms with Crippen molar-refractivity contribution in [2.45, 2.75) is 12.8 Å². The fraction of sp³-hybridized carbons (Fsp3) is 0.120. The predicted molar refractivity (Wildman–Crippen MR) is 129 cm³/mol. The van der Waals surface area contributed by atoms with Gasteiger partial charge in [-0.15, -0.1) is 0 Å². The summed E-state index contributed by atoms with van der Waals surface area (Å²) in [5, 5.41) is 3.42. The normalized spacial score (nSPS) is 15.0. The van der Waals surface area contributed by atoms with Crippen molar-refractivity contribution in [3.05, 3.63) is 88.9 Å². The summed E-state index contributed by atoms with van der Waals surface area (Å²) in [6.45, 7) is 1.15. The van der Waals surface area contributed by atoms with Crippen LogP contribution in [0.15, 0.2) is 77.8 Å². The molecule has 33 heavy (non-hydrogen) atoms. The summed E-state index contributed by atoms with van der Waals surface area (Å²) >= 11 is 6.10. The van der Waals surface area contributed by atoms with Gasteiger partial charge in [-0.1, -0.05) is 48.0 Å². The molecule has 0 saturated carbocycles. The minimum absolute atomic E-state index is 0.185. The molecular formula is C25H21ClN4O3. The van der Waals surface area contributed by atoms with Crippen LogP contribution < -0.4 is 16.0 Å². The number of nitrogens with one attached hydrogen (secondary N) is 1. The fourth-order valence-electron chi connectivity index (χ4n) is 3.80. The van der Waals surface area contributed by atoms with Gasteiger partial charge in [-0.25, -0.2) is 0 Å². The van der Waals surface area contributed by atoms with E-state index in [2.05, 4.69) is 5.32 Å². The monoisotopic (exact) mass is 460 g/mol. The van der Waals surface area contributed by atoms with Crippen LogP contribution in [0.4, 0.5) is 17.1 Å². The van der Waals surface area contributed by atoms with Gasteiger partial charge in [0.05, 0.1) is 11.4 Å². The minimum atomic E-state index is -0.608. The number of hydrogen-bond acceptors (Lipinski definition) is 4. The van der Waals surface area contributed by atoms with Gasteiger partial charge in [-0.05, 0) is 47.5 Å². The molecule has 0 spiro atoms. The third kappa shape index (κ3) is 4.78. The van der Waals surface area contributed by atoms with Crippen molar-refractivity contribution in [1.82, 2.24) is 0 Å². The summed E-state index contributed by atoms with van der Waals surface area (Å²) in [4.78, 5) is 42.3. The van der Waals surface area contributed by atoms with Gasteiger partial charge in [0.25, 0.3) is 0 Å². The first kappa shape index (κ1) is 22.2. The number of aliphatic imine (C=N–C) groups is 1. The third-order valence-corrected chi connectivity index (χ3v) is 5.53. The first-order valence-electron chi connectivity index (χ1n) is 10.2. The standard InChI is InChI=1S/C25H21ClN4O3/c1-15(31)30(14-22(27)32)19-10-8-18(9-11-19)28-24(16-5-3-2-4-6-16)23-20-12-7-17(26)13-21(20)29-25(23)33/h2-13,23H,14H2,1H3,(H2,27,32)(H,29,33). The molecule has 166 valence electrons. The van der Waals surface area contributed by atoms with Crippen LogP contribution in [0.1, 0.15) is 24.0 Å². The van der Waals surface area contributed by atoms with E-state index in [-0.39, 0.29) is 18.4 Å². The number of benzene rings is 3. The summed E-state index contributed by atoms with van der Waals surface area (Å²) in [5.41, 5.74) is 9.24. The Morgan fingerprint density at radius 2 is 1.76 bits per heavy atom. The molecular weight excluding hydrogens is 440 g/mol. The van der Waals surface area contributed by atoms with E-state index in [0.717, 1.165) is 11.1 Å². The summed E-state index contributed by atoms with van der Waals surface area (Å²) < 4.78 is 0. The molecule has 3 amide bonds. The number of carbonyl (C=O) groups is 3. The zero-order valence-corrected chi connectivity index (χ0v) is 18.5. The molecule has 7 nitrogen and oxygen atoms in total. The van der Waals surface area contributed by atoms with E-state index in [1.807, 2.05) is 36.4 Å². The van der Waals surface area contributed by atoms with Crippen LogP contribution in [-0.2, 0) is 14.4 Å². The largest absolute Gasteiger partial charge is 0.368 e. The maximum atomic E-state index is 12.9. The van der Waals surface area contributed by atoms with Crippen LogP contribution in [0.2, 0.25) is 5.02 Å². The number of hydrogen-bond donors (Lipinski definition) is 2. The van der Waals surface area contributed by atoms with Crippen molar-refractivity contribution >= 4 is 52.1 Å². The van der Waals surface area contributed by atoms with Crippen molar-refractivity contribution in [2.75, 3.05) is 16.8 Å². The second-order valence-corrected chi connectivity index (χ2v) is 8.04. The van der Waals surface area contributed by atoms with Crippen LogP contribution in [-0.4, -0.2) is 30.0 Å². The fourth-order valence-corrected chi connectivity index (χ4v) is 3.97. The lowest BCUT2D eigenvalue weighted by molar-refractivity contribution is -0.121. The zero-order chi connectivity index (χ0) is 23.5. The van der Waals surface area contributed by atoms with Crippen LogP contribution in [0.5, 0.6) is 0 Å². The highest BCUT2D eigenvalue weighted by atomic mass is 35.5. The van der Waals surface area contributed by atoms with Crippen LogP contribution in [0, 0.1) is 0 Å². The molecule has 0 saturated heterocycles. The van der Waals surface area contributed by atoms with Gasteiger partial charge >= 0.3 is 0 Å². The maximum Gasteiger partial charge on any atom is 0.238 e. The van der Waals surface area contributed by atoms with E-state index in [4.69, 9.17) is 22.3 Å². The lowest BCUT2D eigenvalue weighted by Gasteiger charge is -2.19. The number of nitrogens with two attached hydrogens (primary N) is 1. The van der Waals surface area contributed by atoms with Crippen molar-refractivity contribution in [3.63, 3.8) is 0 Å². The second kappa shape index (κ2) is 9.26. The molecule has 8 heteroatoms. The SMILES string of the molecule is CC(=O)N(CC(N)=O)c1ccc(N=C(c2ccccc2)C2C(=O)Nc3cc(Cl)ccc32)cc1. The Bertz CT molecular complexity index is 1260. The minimum Gasteiger partial charge on any atom is -0.368 e. The first-order chi connectivity index (χ1) is 15.8. The van der Waals surface area contributed by atoms with Crippen molar-refractivity contribution in [3.8, 4) is 0 Å². The van der Waals surface area contributed by atoms with Crippen LogP contribution in [0.25, 0.3) is 0 Å². The van der Waals surface area contributed by atoms with E-state index < -0.39 is 11.8 Å². The van der Waals surface area contributed by atoms with Crippen LogP contribution in [0.3, 0.4) is 0 Å². The van der Waals surface area contributed by atoms with Crippen molar-refractivity contribution in [1.29, 1.82) is 0 Å². The molecule has 0 bridgehead atoms. The summed E-state index contributed by atoms with van der Waals surface area (Å²) in [7, 11) is 0. The summed E-state index contributed by atoms with van der Waals surface area (Å²) in [6, 6.07) is 21.6. The lowest BCUT2D eigenvalue weighted by Crippen LogP contribution is -2.37. The lowest BCUT2D eigenvalue weighted by atomic mass is 9.90. The third-order valence-electron chi connectivity index (χ3n) is 5.29.